The van der Waals surface area contributed by atoms with Gasteiger partial charge in [-0.2, -0.15) is 0 Å². The van der Waals surface area contributed by atoms with Crippen LogP contribution in [-0.2, 0) is 0 Å². The van der Waals surface area contributed by atoms with E-state index in [1.165, 1.54) is 42.1 Å². The van der Waals surface area contributed by atoms with E-state index in [9.17, 15) is 9.18 Å². The Morgan fingerprint density at radius 3 is 2.75 bits per heavy atom. The van der Waals surface area contributed by atoms with E-state index >= 15 is 0 Å². The summed E-state index contributed by atoms with van der Waals surface area (Å²) >= 11 is 1.20. The highest BCUT2D eigenvalue weighted by Crippen LogP contribution is 2.39. The lowest BCUT2D eigenvalue weighted by Crippen LogP contribution is -1.93. The number of aromatic nitrogens is 2. The fourth-order valence-corrected chi connectivity index (χ4v) is 2.16. The molecule has 0 atom stereocenters. The maximum Gasteiger partial charge on any atom is 0.280 e. The van der Waals surface area contributed by atoms with Gasteiger partial charge < -0.3 is 4.42 Å². The molecule has 2 aromatic rings. The molecule has 0 aliphatic heterocycles. The van der Waals surface area contributed by atoms with Gasteiger partial charge in [-0.05, 0) is 60.4 Å². The first-order valence-electron chi connectivity index (χ1n) is 6.19. The monoisotopic (exact) mass is 290 g/mol. The molecule has 0 saturated heterocycles. The van der Waals surface area contributed by atoms with Gasteiger partial charge in [0.2, 0.25) is 5.89 Å². The third kappa shape index (κ3) is 3.14. The average molecular weight is 290 g/mol. The summed E-state index contributed by atoms with van der Waals surface area (Å²) in [7, 11) is 0. The minimum absolute atomic E-state index is 0.195. The second-order valence-electron chi connectivity index (χ2n) is 4.47. The lowest BCUT2D eigenvalue weighted by molar-refractivity contribution is 0.104. The summed E-state index contributed by atoms with van der Waals surface area (Å²) in [6, 6.07) is 5.41. The number of nitrogens with zero attached hydrogens (tertiary/aromatic N) is 2. The minimum atomic E-state index is -0.363. The van der Waals surface area contributed by atoms with Crippen molar-refractivity contribution in [3.8, 4) is 0 Å². The summed E-state index contributed by atoms with van der Waals surface area (Å²) in [4.78, 5) is 11.8. The van der Waals surface area contributed by atoms with Crippen molar-refractivity contribution in [3.05, 3.63) is 53.0 Å². The van der Waals surface area contributed by atoms with Crippen molar-refractivity contribution in [2.24, 2.45) is 0 Å². The van der Waals surface area contributed by atoms with Crippen molar-refractivity contribution in [2.75, 3.05) is 0 Å². The van der Waals surface area contributed by atoms with Gasteiger partial charge in [0.15, 0.2) is 5.78 Å². The fourth-order valence-electron chi connectivity index (χ4n) is 1.63. The second kappa shape index (κ2) is 5.58. The number of halogens is 1. The molecule has 20 heavy (non-hydrogen) atoms. The van der Waals surface area contributed by atoms with Crippen LogP contribution in [0.5, 0.6) is 0 Å². The van der Waals surface area contributed by atoms with E-state index in [0.717, 1.165) is 12.8 Å². The van der Waals surface area contributed by atoms with Gasteiger partial charge >= 0.3 is 0 Å². The molecule has 0 unspecified atom stereocenters. The Hall–Kier alpha value is -1.95. The molecule has 0 radical (unpaired) electrons. The smallest absolute Gasteiger partial charge is 0.280 e. The molecule has 1 aromatic carbocycles. The van der Waals surface area contributed by atoms with Gasteiger partial charge in [-0.15, -0.1) is 10.2 Å². The van der Waals surface area contributed by atoms with Crippen LogP contribution in [0.1, 0.15) is 35.0 Å². The lowest BCUT2D eigenvalue weighted by atomic mass is 10.1. The highest BCUT2D eigenvalue weighted by molar-refractivity contribution is 8.01. The predicted molar refractivity (Wildman–Crippen MR) is 72.0 cm³/mol. The molecular weight excluding hydrogens is 279 g/mol. The summed E-state index contributed by atoms with van der Waals surface area (Å²) in [5.74, 6) is 0.533. The van der Waals surface area contributed by atoms with E-state index in [-0.39, 0.29) is 11.6 Å². The molecule has 1 aliphatic rings. The number of ketones is 1. The first-order chi connectivity index (χ1) is 9.72. The van der Waals surface area contributed by atoms with Crippen LogP contribution in [0.3, 0.4) is 0 Å². The van der Waals surface area contributed by atoms with Crippen LogP contribution < -0.4 is 0 Å². The molecule has 1 aromatic heterocycles. The van der Waals surface area contributed by atoms with Crippen LogP contribution in [0.2, 0.25) is 0 Å². The molecule has 102 valence electrons. The van der Waals surface area contributed by atoms with E-state index in [1.807, 2.05) is 0 Å². The lowest BCUT2D eigenvalue weighted by Gasteiger charge is -1.94. The van der Waals surface area contributed by atoms with Gasteiger partial charge in [-0.25, -0.2) is 4.39 Å². The zero-order valence-corrected chi connectivity index (χ0v) is 11.3. The summed E-state index contributed by atoms with van der Waals surface area (Å²) < 4.78 is 18.2. The zero-order chi connectivity index (χ0) is 13.9. The normalized spacial score (nSPS) is 14.8. The molecule has 0 bridgehead atoms. The largest absolute Gasteiger partial charge is 0.415 e. The van der Waals surface area contributed by atoms with Crippen molar-refractivity contribution in [2.45, 2.75) is 24.0 Å². The number of rotatable bonds is 5. The SMILES string of the molecule is O=C(/C=C/Sc1nnc(C2CC2)o1)c1ccc(F)cc1. The van der Waals surface area contributed by atoms with Gasteiger partial charge in [0.25, 0.3) is 5.22 Å². The number of carbonyl (C=O) groups is 1. The Morgan fingerprint density at radius 1 is 1.30 bits per heavy atom. The Labute approximate surface area is 119 Å². The van der Waals surface area contributed by atoms with Gasteiger partial charge in [0.05, 0.1) is 0 Å². The van der Waals surface area contributed by atoms with Crippen LogP contribution in [-0.4, -0.2) is 16.0 Å². The molecule has 1 fully saturated rings. The van der Waals surface area contributed by atoms with E-state index in [4.69, 9.17) is 4.42 Å². The Kier molecular flexibility index (Phi) is 3.64. The Bertz CT molecular complexity index is 647. The number of hydrogen-bond acceptors (Lipinski definition) is 5. The second-order valence-corrected chi connectivity index (χ2v) is 5.33. The van der Waals surface area contributed by atoms with Crippen LogP contribution in [0.25, 0.3) is 0 Å². The summed E-state index contributed by atoms with van der Waals surface area (Å²) in [5, 5.41) is 9.86. The van der Waals surface area contributed by atoms with Crippen molar-refractivity contribution in [3.63, 3.8) is 0 Å². The maximum atomic E-state index is 12.7. The molecule has 3 rings (SSSR count). The van der Waals surface area contributed by atoms with E-state index in [0.29, 0.717) is 22.6 Å². The zero-order valence-electron chi connectivity index (χ0n) is 10.5. The van der Waals surface area contributed by atoms with Gasteiger partial charge in [-0.1, -0.05) is 0 Å². The van der Waals surface area contributed by atoms with E-state index in [1.54, 1.807) is 5.41 Å². The maximum absolute atomic E-state index is 12.7. The van der Waals surface area contributed by atoms with Crippen molar-refractivity contribution >= 4 is 17.5 Å². The average Bonchev–Trinajstić information content (AvgIpc) is 3.20. The number of carbonyl (C=O) groups excluding carboxylic acids is 1. The van der Waals surface area contributed by atoms with Crippen LogP contribution in [0.15, 0.2) is 45.4 Å². The standard InChI is InChI=1S/C14H11FN2O2S/c15-11-5-3-9(4-6-11)12(18)7-8-20-14-17-16-13(19-14)10-1-2-10/h3-8,10H,1-2H2/b8-7+. The third-order valence-corrected chi connectivity index (χ3v) is 3.50. The fraction of sp³-hybridized carbons (Fsp3) is 0.214. The highest BCUT2D eigenvalue weighted by atomic mass is 32.2. The number of benzene rings is 1. The molecule has 6 heteroatoms. The molecule has 1 aliphatic carbocycles. The number of allylic oxidation sites excluding steroid dienone is 1. The van der Waals surface area contributed by atoms with Gasteiger partial charge in [0, 0.05) is 11.5 Å². The number of hydrogen-bond donors (Lipinski definition) is 0. The first-order valence-corrected chi connectivity index (χ1v) is 7.07. The molecule has 0 spiro atoms. The highest BCUT2D eigenvalue weighted by Gasteiger charge is 2.29. The van der Waals surface area contributed by atoms with Crippen LogP contribution in [0, 0.1) is 5.82 Å². The van der Waals surface area contributed by atoms with Crippen molar-refractivity contribution in [1.82, 2.24) is 10.2 Å². The van der Waals surface area contributed by atoms with Crippen molar-refractivity contribution < 1.29 is 13.6 Å². The predicted octanol–water partition coefficient (Wildman–Crippen LogP) is 3.57. The number of thioether (sulfide) groups is 1. The molecule has 0 amide bonds. The topological polar surface area (TPSA) is 56.0 Å². The molecule has 1 heterocycles. The minimum Gasteiger partial charge on any atom is -0.415 e. The Balaban J connectivity index is 1.58. The van der Waals surface area contributed by atoms with Crippen LogP contribution in [0.4, 0.5) is 4.39 Å². The van der Waals surface area contributed by atoms with E-state index < -0.39 is 0 Å². The van der Waals surface area contributed by atoms with Crippen LogP contribution >= 0.6 is 11.8 Å². The third-order valence-electron chi connectivity index (χ3n) is 2.87. The molecule has 1 saturated carbocycles. The summed E-state index contributed by atoms with van der Waals surface area (Å²) in [6.45, 7) is 0. The molecule has 4 nitrogen and oxygen atoms in total. The van der Waals surface area contributed by atoms with E-state index in [2.05, 4.69) is 10.2 Å². The first kappa shape index (κ1) is 13.1. The Morgan fingerprint density at radius 2 is 2.05 bits per heavy atom. The molecular formula is C14H11FN2O2S. The van der Waals surface area contributed by atoms with Gasteiger partial charge in [-0.3, -0.25) is 4.79 Å². The quantitative estimate of drug-likeness (QED) is 0.478. The molecule has 0 N–H and O–H groups in total. The summed E-state index contributed by atoms with van der Waals surface area (Å²) in [5.41, 5.74) is 0.437. The summed E-state index contributed by atoms with van der Waals surface area (Å²) in [6.07, 6.45) is 3.61. The van der Waals surface area contributed by atoms with Crippen molar-refractivity contribution in [1.29, 1.82) is 0 Å². The van der Waals surface area contributed by atoms with Gasteiger partial charge in [0.1, 0.15) is 5.82 Å².